The minimum absolute atomic E-state index is 1.06. The van der Waals surface area contributed by atoms with Gasteiger partial charge in [-0.1, -0.05) is 50.8 Å². The van der Waals surface area contributed by atoms with E-state index in [1.54, 1.807) is 0 Å². The summed E-state index contributed by atoms with van der Waals surface area (Å²) in [4.78, 5) is 0. The third kappa shape index (κ3) is 7.93. The van der Waals surface area contributed by atoms with Crippen LogP contribution in [0.3, 0.4) is 0 Å². The van der Waals surface area contributed by atoms with E-state index in [2.05, 4.69) is 19.9 Å². The smallest absolute Gasteiger partial charge is 0.0141 e. The van der Waals surface area contributed by atoms with Gasteiger partial charge < -0.3 is 0 Å². The maximum Gasteiger partial charge on any atom is 0.0141 e. The minimum Gasteiger partial charge on any atom is -0.0895 e. The second-order valence-corrected chi connectivity index (χ2v) is 3.38. The molecule has 0 atom stereocenters. The average Bonchev–Trinajstić information content (AvgIpc) is 2.01. The van der Waals surface area contributed by atoms with Crippen LogP contribution in [0.15, 0.2) is 11.1 Å². The predicted molar refractivity (Wildman–Crippen MR) is 53.0 cm³/mol. The van der Waals surface area contributed by atoms with E-state index in [-0.39, 0.29) is 0 Å². The molecule has 0 saturated heterocycles. The van der Waals surface area contributed by atoms with Crippen LogP contribution in [0.2, 0.25) is 0 Å². The summed E-state index contributed by atoms with van der Waals surface area (Å²) in [6, 6.07) is 0. The van der Waals surface area contributed by atoms with Crippen molar-refractivity contribution < 1.29 is 0 Å². The van der Waals surface area contributed by atoms with Gasteiger partial charge in [-0.3, -0.25) is 0 Å². The van der Waals surface area contributed by atoms with Gasteiger partial charge in [0.1, 0.15) is 0 Å². The Morgan fingerprint density at radius 2 is 1.82 bits per heavy atom. The van der Waals surface area contributed by atoms with Crippen molar-refractivity contribution in [2.45, 2.75) is 52.4 Å². The van der Waals surface area contributed by atoms with Gasteiger partial charge in [0, 0.05) is 5.03 Å². The molecule has 0 rings (SSSR count). The Morgan fingerprint density at radius 1 is 1.18 bits per heavy atom. The Balaban J connectivity index is 3.30. The summed E-state index contributed by atoms with van der Waals surface area (Å²) in [6.45, 7) is 4.39. The molecule has 0 aliphatic heterocycles. The highest BCUT2D eigenvalue weighted by Crippen LogP contribution is 2.13. The fraction of sp³-hybridized carbons (Fsp3) is 0.800. The molecule has 0 aromatic heterocycles. The molecular formula is C10H19Cl. The minimum atomic E-state index is 1.06. The van der Waals surface area contributed by atoms with Crippen LogP contribution >= 0.6 is 11.6 Å². The fourth-order valence-electron chi connectivity index (χ4n) is 0.911. The van der Waals surface area contributed by atoms with Crippen molar-refractivity contribution in [1.29, 1.82) is 0 Å². The largest absolute Gasteiger partial charge is 0.0895 e. The number of allylic oxidation sites excluding steroid dienone is 2. The molecule has 11 heavy (non-hydrogen) atoms. The monoisotopic (exact) mass is 174 g/mol. The Kier molecular flexibility index (Phi) is 8.15. The fourth-order valence-corrected chi connectivity index (χ4v) is 1.15. The maximum atomic E-state index is 5.96. The maximum absolute atomic E-state index is 5.96. The number of hydrogen-bond acceptors (Lipinski definition) is 0. The molecule has 0 N–H and O–H groups in total. The zero-order chi connectivity index (χ0) is 8.53. The zero-order valence-electron chi connectivity index (χ0n) is 7.70. The van der Waals surface area contributed by atoms with Crippen LogP contribution < -0.4 is 0 Å². The van der Waals surface area contributed by atoms with E-state index in [9.17, 15) is 0 Å². The summed E-state index contributed by atoms with van der Waals surface area (Å²) < 4.78 is 0. The first-order valence-corrected chi connectivity index (χ1v) is 5.03. The van der Waals surface area contributed by atoms with Crippen LogP contribution in [0, 0.1) is 0 Å². The van der Waals surface area contributed by atoms with Crippen molar-refractivity contribution in [1.82, 2.24) is 0 Å². The normalized spacial score (nSPS) is 12.1. The molecule has 0 aliphatic carbocycles. The molecule has 0 bridgehead atoms. The first kappa shape index (κ1) is 11.0. The van der Waals surface area contributed by atoms with Crippen LogP contribution in [-0.2, 0) is 0 Å². The first-order chi connectivity index (χ1) is 5.31. The van der Waals surface area contributed by atoms with Crippen molar-refractivity contribution in [2.24, 2.45) is 0 Å². The lowest BCUT2D eigenvalue weighted by Gasteiger charge is -1.96. The van der Waals surface area contributed by atoms with E-state index >= 15 is 0 Å². The molecule has 0 amide bonds. The molecule has 0 radical (unpaired) electrons. The van der Waals surface area contributed by atoms with Gasteiger partial charge in [-0.05, 0) is 19.3 Å². The summed E-state index contributed by atoms with van der Waals surface area (Å²) in [6.07, 6.45) is 9.37. The van der Waals surface area contributed by atoms with Gasteiger partial charge in [0.25, 0.3) is 0 Å². The van der Waals surface area contributed by atoms with Crippen molar-refractivity contribution in [3.8, 4) is 0 Å². The van der Waals surface area contributed by atoms with Crippen LogP contribution in [-0.4, -0.2) is 0 Å². The average molecular weight is 175 g/mol. The standard InChI is InChI=1S/C10H19Cl/c1-3-5-7-9-10(11)8-6-4-2/h9H,3-8H2,1-2H3/b10-9+. The van der Waals surface area contributed by atoms with Crippen molar-refractivity contribution >= 4 is 11.6 Å². The molecular weight excluding hydrogens is 156 g/mol. The Labute approximate surface area is 75.6 Å². The quantitative estimate of drug-likeness (QED) is 0.521. The van der Waals surface area contributed by atoms with Crippen molar-refractivity contribution in [3.05, 3.63) is 11.1 Å². The van der Waals surface area contributed by atoms with Crippen molar-refractivity contribution in [3.63, 3.8) is 0 Å². The van der Waals surface area contributed by atoms with Gasteiger partial charge in [-0.25, -0.2) is 0 Å². The second-order valence-electron chi connectivity index (χ2n) is 2.90. The third-order valence-electron chi connectivity index (χ3n) is 1.69. The van der Waals surface area contributed by atoms with Gasteiger partial charge in [0.05, 0.1) is 0 Å². The highest BCUT2D eigenvalue weighted by Gasteiger charge is 1.90. The van der Waals surface area contributed by atoms with E-state index in [0.717, 1.165) is 17.9 Å². The van der Waals surface area contributed by atoms with Gasteiger partial charge >= 0.3 is 0 Å². The molecule has 0 aliphatic rings. The van der Waals surface area contributed by atoms with Crippen LogP contribution in [0.25, 0.3) is 0 Å². The number of halogens is 1. The SMILES string of the molecule is CCCC/C=C(/Cl)CCCC. The van der Waals surface area contributed by atoms with E-state index in [0.29, 0.717) is 0 Å². The van der Waals surface area contributed by atoms with Crippen molar-refractivity contribution in [2.75, 3.05) is 0 Å². The first-order valence-electron chi connectivity index (χ1n) is 4.65. The third-order valence-corrected chi connectivity index (χ3v) is 2.04. The Hall–Kier alpha value is 0.0300. The van der Waals surface area contributed by atoms with E-state index in [4.69, 9.17) is 11.6 Å². The summed E-state index contributed by atoms with van der Waals surface area (Å²) in [7, 11) is 0. The highest BCUT2D eigenvalue weighted by molar-refractivity contribution is 6.29. The van der Waals surface area contributed by atoms with Gasteiger partial charge in [0.15, 0.2) is 0 Å². The molecule has 0 heterocycles. The van der Waals surface area contributed by atoms with Crippen LogP contribution in [0.5, 0.6) is 0 Å². The lowest BCUT2D eigenvalue weighted by atomic mass is 10.2. The highest BCUT2D eigenvalue weighted by atomic mass is 35.5. The Morgan fingerprint density at radius 3 is 2.36 bits per heavy atom. The molecule has 0 aromatic rings. The van der Waals surface area contributed by atoms with Gasteiger partial charge in [0.2, 0.25) is 0 Å². The molecule has 66 valence electrons. The van der Waals surface area contributed by atoms with E-state index in [1.165, 1.54) is 25.7 Å². The molecule has 0 spiro atoms. The molecule has 0 aromatic carbocycles. The molecule has 1 heteroatoms. The zero-order valence-corrected chi connectivity index (χ0v) is 8.45. The van der Waals surface area contributed by atoms with Crippen LogP contribution in [0.4, 0.5) is 0 Å². The van der Waals surface area contributed by atoms with Gasteiger partial charge in [-0.2, -0.15) is 0 Å². The number of rotatable bonds is 6. The Bertz CT molecular complexity index is 105. The topological polar surface area (TPSA) is 0 Å². The number of hydrogen-bond donors (Lipinski definition) is 0. The predicted octanol–water partition coefficient (Wildman–Crippen LogP) is 4.49. The lowest BCUT2D eigenvalue weighted by Crippen LogP contribution is -1.75. The summed E-state index contributed by atoms with van der Waals surface area (Å²) in [5.74, 6) is 0. The molecule has 0 fully saturated rings. The van der Waals surface area contributed by atoms with E-state index < -0.39 is 0 Å². The second kappa shape index (κ2) is 8.13. The van der Waals surface area contributed by atoms with Crippen LogP contribution in [0.1, 0.15) is 52.4 Å². The van der Waals surface area contributed by atoms with E-state index in [1.807, 2.05) is 0 Å². The number of unbranched alkanes of at least 4 members (excludes halogenated alkanes) is 3. The van der Waals surface area contributed by atoms with Gasteiger partial charge in [-0.15, -0.1) is 0 Å². The summed E-state index contributed by atoms with van der Waals surface area (Å²) in [5.41, 5.74) is 0. The molecule has 0 unspecified atom stereocenters. The summed E-state index contributed by atoms with van der Waals surface area (Å²) in [5, 5.41) is 1.06. The lowest BCUT2D eigenvalue weighted by molar-refractivity contribution is 0.786. The summed E-state index contributed by atoms with van der Waals surface area (Å²) >= 11 is 5.96. The molecule has 0 nitrogen and oxygen atoms in total. The molecule has 0 saturated carbocycles.